The Kier molecular flexibility index (Phi) is 7.43. The number of hydrogen-bond acceptors (Lipinski definition) is 3. The van der Waals surface area contributed by atoms with E-state index in [9.17, 15) is 8.42 Å². The zero-order chi connectivity index (χ0) is 15.2. The van der Waals surface area contributed by atoms with Crippen LogP contribution in [0.15, 0.2) is 0 Å². The van der Waals surface area contributed by atoms with Gasteiger partial charge in [0.2, 0.25) is 0 Å². The number of nitrogens with zero attached hydrogens (tertiary/aromatic N) is 2. The van der Waals surface area contributed by atoms with Crippen molar-refractivity contribution in [3.05, 3.63) is 0 Å². The second kappa shape index (κ2) is 8.32. The van der Waals surface area contributed by atoms with Gasteiger partial charge in [-0.15, -0.1) is 0 Å². The van der Waals surface area contributed by atoms with Gasteiger partial charge in [-0.25, -0.2) is 4.72 Å². The van der Waals surface area contributed by atoms with Gasteiger partial charge in [-0.05, 0) is 32.9 Å². The standard InChI is InChI=1S/C14H31N3O2S/c1-5-17(6-2)13(3)12-15-20(18,19)16(4)14-10-8-7-9-11-14/h13-15H,5-12H2,1-4H3. The third-order valence-electron chi connectivity index (χ3n) is 4.46. The Morgan fingerprint density at radius 1 is 1.15 bits per heavy atom. The Morgan fingerprint density at radius 2 is 1.70 bits per heavy atom. The molecule has 0 heterocycles. The van der Waals surface area contributed by atoms with Crippen LogP contribution in [0.2, 0.25) is 0 Å². The molecule has 1 aliphatic carbocycles. The van der Waals surface area contributed by atoms with Crippen LogP contribution in [0.1, 0.15) is 52.9 Å². The van der Waals surface area contributed by atoms with E-state index in [4.69, 9.17) is 0 Å². The lowest BCUT2D eigenvalue weighted by Gasteiger charge is -2.32. The third kappa shape index (κ3) is 4.98. The van der Waals surface area contributed by atoms with Gasteiger partial charge < -0.3 is 0 Å². The van der Waals surface area contributed by atoms with E-state index >= 15 is 0 Å². The molecule has 0 saturated heterocycles. The van der Waals surface area contributed by atoms with Gasteiger partial charge in [-0.3, -0.25) is 4.90 Å². The maximum absolute atomic E-state index is 12.3. The smallest absolute Gasteiger partial charge is 0.279 e. The summed E-state index contributed by atoms with van der Waals surface area (Å²) in [5.41, 5.74) is 0. The Bertz CT molecular complexity index is 363. The van der Waals surface area contributed by atoms with Crippen LogP contribution < -0.4 is 4.72 Å². The predicted octanol–water partition coefficient (Wildman–Crippen LogP) is 1.82. The van der Waals surface area contributed by atoms with Crippen molar-refractivity contribution in [3.8, 4) is 0 Å². The molecule has 20 heavy (non-hydrogen) atoms. The summed E-state index contributed by atoms with van der Waals surface area (Å²) in [6, 6.07) is 0.393. The minimum absolute atomic E-state index is 0.171. The normalized spacial score (nSPS) is 19.7. The summed E-state index contributed by atoms with van der Waals surface area (Å²) in [5, 5.41) is 0. The summed E-state index contributed by atoms with van der Waals surface area (Å²) in [6.07, 6.45) is 5.49. The van der Waals surface area contributed by atoms with Crippen molar-refractivity contribution < 1.29 is 8.42 Å². The van der Waals surface area contributed by atoms with Crippen LogP contribution in [0, 0.1) is 0 Å². The number of likely N-dealkylation sites (N-methyl/N-ethyl adjacent to an activating group) is 1. The monoisotopic (exact) mass is 305 g/mol. The van der Waals surface area contributed by atoms with Gasteiger partial charge in [0, 0.05) is 25.7 Å². The Hall–Kier alpha value is -0.170. The molecule has 0 aromatic rings. The predicted molar refractivity (Wildman–Crippen MR) is 83.9 cm³/mol. The van der Waals surface area contributed by atoms with Gasteiger partial charge in [0.1, 0.15) is 0 Å². The number of nitrogens with one attached hydrogen (secondary N) is 1. The van der Waals surface area contributed by atoms with Gasteiger partial charge in [-0.2, -0.15) is 12.7 Å². The first-order valence-electron chi connectivity index (χ1n) is 7.89. The second-order valence-corrected chi connectivity index (χ2v) is 7.55. The molecule has 5 nitrogen and oxygen atoms in total. The summed E-state index contributed by atoms with van der Waals surface area (Å²) in [5.74, 6) is 0. The fourth-order valence-electron chi connectivity index (χ4n) is 2.94. The fraction of sp³-hybridized carbons (Fsp3) is 1.00. The van der Waals surface area contributed by atoms with Gasteiger partial charge >= 0.3 is 0 Å². The molecule has 1 N–H and O–H groups in total. The molecule has 0 aromatic carbocycles. The highest BCUT2D eigenvalue weighted by molar-refractivity contribution is 7.87. The molecule has 0 aromatic heterocycles. The van der Waals surface area contributed by atoms with Crippen LogP contribution in [0.4, 0.5) is 0 Å². The van der Waals surface area contributed by atoms with Crippen molar-refractivity contribution in [1.82, 2.24) is 13.9 Å². The van der Waals surface area contributed by atoms with Crippen LogP contribution in [-0.2, 0) is 10.2 Å². The molecule has 1 fully saturated rings. The fourth-order valence-corrected chi connectivity index (χ4v) is 4.20. The first-order valence-corrected chi connectivity index (χ1v) is 9.33. The molecule has 6 heteroatoms. The van der Waals surface area contributed by atoms with E-state index in [-0.39, 0.29) is 12.1 Å². The Balaban J connectivity index is 2.51. The van der Waals surface area contributed by atoms with Gasteiger partial charge in [0.25, 0.3) is 10.2 Å². The van der Waals surface area contributed by atoms with Crippen LogP contribution in [0.3, 0.4) is 0 Å². The van der Waals surface area contributed by atoms with E-state index in [0.29, 0.717) is 6.54 Å². The average Bonchev–Trinajstić information content (AvgIpc) is 2.46. The van der Waals surface area contributed by atoms with Crippen molar-refractivity contribution in [2.24, 2.45) is 0 Å². The molecular weight excluding hydrogens is 274 g/mol. The molecule has 0 spiro atoms. The van der Waals surface area contributed by atoms with Crippen molar-refractivity contribution in [2.75, 3.05) is 26.7 Å². The van der Waals surface area contributed by atoms with E-state index in [0.717, 1.165) is 38.8 Å². The summed E-state index contributed by atoms with van der Waals surface area (Å²) in [6.45, 7) is 8.62. The second-order valence-electron chi connectivity index (χ2n) is 5.73. The minimum Gasteiger partial charge on any atom is -0.300 e. The maximum Gasteiger partial charge on any atom is 0.279 e. The van der Waals surface area contributed by atoms with E-state index in [1.54, 1.807) is 11.4 Å². The zero-order valence-corrected chi connectivity index (χ0v) is 14.2. The Labute approximate surface area is 124 Å². The highest BCUT2D eigenvalue weighted by atomic mass is 32.2. The van der Waals surface area contributed by atoms with Gasteiger partial charge in [-0.1, -0.05) is 33.1 Å². The highest BCUT2D eigenvalue weighted by Gasteiger charge is 2.27. The van der Waals surface area contributed by atoms with Gasteiger partial charge in [0.05, 0.1) is 0 Å². The quantitative estimate of drug-likeness (QED) is 0.744. The van der Waals surface area contributed by atoms with Crippen LogP contribution in [0.25, 0.3) is 0 Å². The lowest BCUT2D eigenvalue weighted by molar-refractivity contribution is 0.229. The lowest BCUT2D eigenvalue weighted by Crippen LogP contribution is -2.49. The van der Waals surface area contributed by atoms with Crippen molar-refractivity contribution >= 4 is 10.2 Å². The van der Waals surface area contributed by atoms with Crippen molar-refractivity contribution in [3.63, 3.8) is 0 Å². The summed E-state index contributed by atoms with van der Waals surface area (Å²) in [4.78, 5) is 2.25. The molecule has 1 rings (SSSR count). The summed E-state index contributed by atoms with van der Waals surface area (Å²) in [7, 11) is -1.64. The average molecular weight is 305 g/mol. The lowest BCUT2D eigenvalue weighted by atomic mass is 9.96. The summed E-state index contributed by atoms with van der Waals surface area (Å²) >= 11 is 0. The topological polar surface area (TPSA) is 52.7 Å². The molecule has 0 radical (unpaired) electrons. The van der Waals surface area contributed by atoms with E-state index in [2.05, 4.69) is 30.4 Å². The number of rotatable bonds is 8. The molecular formula is C14H31N3O2S. The number of hydrogen-bond donors (Lipinski definition) is 1. The SMILES string of the molecule is CCN(CC)C(C)CNS(=O)(=O)N(C)C1CCCCC1. The van der Waals surface area contributed by atoms with Crippen molar-refractivity contribution in [2.45, 2.75) is 65.0 Å². The van der Waals surface area contributed by atoms with Crippen LogP contribution in [-0.4, -0.2) is 56.4 Å². The molecule has 1 atom stereocenters. The molecule has 0 aliphatic heterocycles. The maximum atomic E-state index is 12.3. The highest BCUT2D eigenvalue weighted by Crippen LogP contribution is 2.22. The van der Waals surface area contributed by atoms with E-state index < -0.39 is 10.2 Å². The van der Waals surface area contributed by atoms with Gasteiger partial charge in [0.15, 0.2) is 0 Å². The van der Waals surface area contributed by atoms with Crippen LogP contribution >= 0.6 is 0 Å². The molecule has 0 amide bonds. The molecule has 0 bridgehead atoms. The molecule has 120 valence electrons. The summed E-state index contributed by atoms with van der Waals surface area (Å²) < 4.78 is 29.0. The first kappa shape index (κ1) is 17.9. The zero-order valence-electron chi connectivity index (χ0n) is 13.4. The largest absolute Gasteiger partial charge is 0.300 e. The van der Waals surface area contributed by atoms with Crippen LogP contribution in [0.5, 0.6) is 0 Å². The van der Waals surface area contributed by atoms with Crippen molar-refractivity contribution in [1.29, 1.82) is 0 Å². The molecule has 1 saturated carbocycles. The minimum atomic E-state index is -3.35. The van der Waals surface area contributed by atoms with E-state index in [1.165, 1.54) is 6.42 Å². The first-order chi connectivity index (χ1) is 9.42. The Morgan fingerprint density at radius 3 is 2.20 bits per heavy atom. The van der Waals surface area contributed by atoms with E-state index in [1.807, 2.05) is 0 Å². The third-order valence-corrected chi connectivity index (χ3v) is 6.05. The molecule has 1 unspecified atom stereocenters. The molecule has 1 aliphatic rings.